The maximum atomic E-state index is 12.8. The van der Waals surface area contributed by atoms with Crippen molar-refractivity contribution in [3.8, 4) is 0 Å². The van der Waals surface area contributed by atoms with Gasteiger partial charge in [-0.25, -0.2) is 4.39 Å². The third-order valence-electron chi connectivity index (χ3n) is 2.25. The highest BCUT2D eigenvalue weighted by molar-refractivity contribution is 5.15. The molecule has 0 aliphatic heterocycles. The number of nitrogens with one attached hydrogen (secondary N) is 2. The summed E-state index contributed by atoms with van der Waals surface area (Å²) in [4.78, 5) is 0. The summed E-state index contributed by atoms with van der Waals surface area (Å²) in [6.45, 7) is 2.79. The SMILES string of the molecule is CNCCCCNCc1cccc(F)c1. The van der Waals surface area contributed by atoms with Gasteiger partial charge in [0, 0.05) is 6.54 Å². The Hall–Kier alpha value is -0.930. The minimum Gasteiger partial charge on any atom is -0.320 e. The van der Waals surface area contributed by atoms with Gasteiger partial charge >= 0.3 is 0 Å². The summed E-state index contributed by atoms with van der Waals surface area (Å²) in [5.74, 6) is -0.163. The smallest absolute Gasteiger partial charge is 0.123 e. The molecule has 3 heteroatoms. The Morgan fingerprint density at radius 2 is 2.00 bits per heavy atom. The summed E-state index contributed by atoms with van der Waals surface area (Å²) in [6, 6.07) is 6.72. The number of hydrogen-bond acceptors (Lipinski definition) is 2. The van der Waals surface area contributed by atoms with Crippen molar-refractivity contribution in [1.82, 2.24) is 10.6 Å². The van der Waals surface area contributed by atoms with Gasteiger partial charge in [-0.3, -0.25) is 0 Å². The van der Waals surface area contributed by atoms with Crippen molar-refractivity contribution in [3.63, 3.8) is 0 Å². The van der Waals surface area contributed by atoms with E-state index in [0.29, 0.717) is 0 Å². The average Bonchev–Trinajstić information content (AvgIpc) is 2.23. The first-order valence-corrected chi connectivity index (χ1v) is 5.42. The molecule has 0 aliphatic carbocycles. The first-order valence-electron chi connectivity index (χ1n) is 5.42. The van der Waals surface area contributed by atoms with Crippen LogP contribution in [0.5, 0.6) is 0 Å². The maximum absolute atomic E-state index is 12.8. The van der Waals surface area contributed by atoms with Gasteiger partial charge in [0.25, 0.3) is 0 Å². The Balaban J connectivity index is 2.10. The predicted molar refractivity (Wildman–Crippen MR) is 61.3 cm³/mol. The molecule has 2 nitrogen and oxygen atoms in total. The zero-order valence-corrected chi connectivity index (χ0v) is 9.22. The fraction of sp³-hybridized carbons (Fsp3) is 0.500. The molecule has 2 N–H and O–H groups in total. The highest BCUT2D eigenvalue weighted by Gasteiger charge is 1.94. The lowest BCUT2D eigenvalue weighted by Crippen LogP contribution is -2.16. The molecule has 15 heavy (non-hydrogen) atoms. The van der Waals surface area contributed by atoms with Gasteiger partial charge in [-0.1, -0.05) is 12.1 Å². The summed E-state index contributed by atoms with van der Waals surface area (Å²) < 4.78 is 12.8. The number of rotatable bonds is 7. The van der Waals surface area contributed by atoms with Gasteiger partial charge in [0.2, 0.25) is 0 Å². The standard InChI is InChI=1S/C12H19FN2/c1-14-7-2-3-8-15-10-11-5-4-6-12(13)9-11/h4-6,9,14-15H,2-3,7-8,10H2,1H3. The zero-order valence-electron chi connectivity index (χ0n) is 9.22. The van der Waals surface area contributed by atoms with Gasteiger partial charge in [0.05, 0.1) is 0 Å². The Bertz CT molecular complexity index is 276. The van der Waals surface area contributed by atoms with Gasteiger partial charge in [-0.15, -0.1) is 0 Å². The van der Waals surface area contributed by atoms with Crippen molar-refractivity contribution in [1.29, 1.82) is 0 Å². The van der Waals surface area contributed by atoms with Crippen LogP contribution in [0.2, 0.25) is 0 Å². The topological polar surface area (TPSA) is 24.1 Å². The number of benzene rings is 1. The summed E-state index contributed by atoms with van der Waals surface area (Å²) in [7, 11) is 1.96. The van der Waals surface area contributed by atoms with E-state index >= 15 is 0 Å². The van der Waals surface area contributed by atoms with E-state index in [1.165, 1.54) is 12.5 Å². The van der Waals surface area contributed by atoms with E-state index in [2.05, 4.69) is 10.6 Å². The minimum absolute atomic E-state index is 0.163. The van der Waals surface area contributed by atoms with E-state index in [0.717, 1.165) is 31.6 Å². The fourth-order valence-corrected chi connectivity index (χ4v) is 1.43. The van der Waals surface area contributed by atoms with Crippen molar-refractivity contribution in [3.05, 3.63) is 35.6 Å². The molecule has 1 aromatic rings. The second-order valence-corrected chi connectivity index (χ2v) is 3.62. The van der Waals surface area contributed by atoms with Crippen LogP contribution < -0.4 is 10.6 Å². The zero-order chi connectivity index (χ0) is 10.9. The Labute approximate surface area is 90.9 Å². The van der Waals surface area contributed by atoms with Gasteiger partial charge < -0.3 is 10.6 Å². The molecule has 0 aromatic heterocycles. The highest BCUT2D eigenvalue weighted by atomic mass is 19.1. The van der Waals surface area contributed by atoms with Gasteiger partial charge in [0.15, 0.2) is 0 Å². The predicted octanol–water partition coefficient (Wildman–Crippen LogP) is 1.91. The molecule has 0 saturated carbocycles. The number of hydrogen-bond donors (Lipinski definition) is 2. The Kier molecular flexibility index (Phi) is 5.97. The molecule has 0 heterocycles. The lowest BCUT2D eigenvalue weighted by Gasteiger charge is -2.04. The van der Waals surface area contributed by atoms with E-state index in [1.807, 2.05) is 13.1 Å². The molecular weight excluding hydrogens is 191 g/mol. The van der Waals surface area contributed by atoms with Crippen LogP contribution >= 0.6 is 0 Å². The molecule has 0 amide bonds. The summed E-state index contributed by atoms with van der Waals surface area (Å²) in [6.07, 6.45) is 2.32. The third kappa shape index (κ3) is 5.50. The van der Waals surface area contributed by atoms with Crippen LogP contribution in [0.4, 0.5) is 4.39 Å². The van der Waals surface area contributed by atoms with Crippen LogP contribution in [-0.2, 0) is 6.54 Å². The average molecular weight is 210 g/mol. The second kappa shape index (κ2) is 7.37. The van der Waals surface area contributed by atoms with Crippen molar-refractivity contribution in [2.24, 2.45) is 0 Å². The van der Waals surface area contributed by atoms with Gasteiger partial charge in [-0.05, 0) is 50.7 Å². The third-order valence-corrected chi connectivity index (χ3v) is 2.25. The van der Waals surface area contributed by atoms with Crippen LogP contribution in [0, 0.1) is 5.82 Å². The van der Waals surface area contributed by atoms with Gasteiger partial charge in [0.1, 0.15) is 5.82 Å². The maximum Gasteiger partial charge on any atom is 0.123 e. The molecular formula is C12H19FN2. The molecule has 1 rings (SSSR count). The summed E-state index contributed by atoms with van der Waals surface area (Å²) in [5.41, 5.74) is 1.00. The van der Waals surface area contributed by atoms with Crippen LogP contribution in [0.3, 0.4) is 0 Å². The van der Waals surface area contributed by atoms with Crippen LogP contribution in [0.25, 0.3) is 0 Å². The molecule has 0 saturated heterocycles. The van der Waals surface area contributed by atoms with Crippen LogP contribution in [0.15, 0.2) is 24.3 Å². The van der Waals surface area contributed by atoms with E-state index in [-0.39, 0.29) is 5.82 Å². The molecule has 0 aliphatic rings. The Morgan fingerprint density at radius 1 is 1.20 bits per heavy atom. The largest absolute Gasteiger partial charge is 0.320 e. The van der Waals surface area contributed by atoms with E-state index in [9.17, 15) is 4.39 Å². The first kappa shape index (κ1) is 12.1. The lowest BCUT2D eigenvalue weighted by atomic mass is 10.2. The molecule has 0 radical (unpaired) electrons. The van der Waals surface area contributed by atoms with E-state index in [4.69, 9.17) is 0 Å². The van der Waals surface area contributed by atoms with Crippen molar-refractivity contribution < 1.29 is 4.39 Å². The lowest BCUT2D eigenvalue weighted by molar-refractivity contribution is 0.598. The van der Waals surface area contributed by atoms with E-state index < -0.39 is 0 Å². The molecule has 0 atom stereocenters. The van der Waals surface area contributed by atoms with E-state index in [1.54, 1.807) is 12.1 Å². The molecule has 0 fully saturated rings. The first-order chi connectivity index (χ1) is 7.33. The number of halogens is 1. The molecule has 0 unspecified atom stereocenters. The number of unbranched alkanes of at least 4 members (excludes halogenated alkanes) is 1. The normalized spacial score (nSPS) is 10.5. The molecule has 0 bridgehead atoms. The van der Waals surface area contributed by atoms with Crippen LogP contribution in [0.1, 0.15) is 18.4 Å². The second-order valence-electron chi connectivity index (χ2n) is 3.62. The molecule has 1 aromatic carbocycles. The fourth-order valence-electron chi connectivity index (χ4n) is 1.43. The summed E-state index contributed by atoms with van der Waals surface area (Å²) >= 11 is 0. The van der Waals surface area contributed by atoms with Gasteiger partial charge in [-0.2, -0.15) is 0 Å². The van der Waals surface area contributed by atoms with Crippen molar-refractivity contribution in [2.45, 2.75) is 19.4 Å². The Morgan fingerprint density at radius 3 is 2.73 bits per heavy atom. The minimum atomic E-state index is -0.163. The van der Waals surface area contributed by atoms with Crippen molar-refractivity contribution >= 4 is 0 Å². The molecule has 0 spiro atoms. The summed E-state index contributed by atoms with van der Waals surface area (Å²) in [5, 5.41) is 6.40. The van der Waals surface area contributed by atoms with Crippen molar-refractivity contribution in [2.75, 3.05) is 20.1 Å². The quantitative estimate of drug-likeness (QED) is 0.672. The molecule has 84 valence electrons. The van der Waals surface area contributed by atoms with Crippen LogP contribution in [-0.4, -0.2) is 20.1 Å². The highest BCUT2D eigenvalue weighted by Crippen LogP contribution is 2.02. The monoisotopic (exact) mass is 210 g/mol.